The maximum atomic E-state index is 14.9. The Morgan fingerprint density at radius 1 is 1.16 bits per heavy atom. The number of benzene rings is 2. The molecule has 0 bridgehead atoms. The van der Waals surface area contributed by atoms with Gasteiger partial charge in [0.2, 0.25) is 13.8 Å². The number of fused-ring (bicyclic) bond motifs is 1. The third kappa shape index (κ3) is 6.93. The van der Waals surface area contributed by atoms with E-state index in [4.69, 9.17) is 4.74 Å². The monoisotopic (exact) mass is 513 g/mol. The van der Waals surface area contributed by atoms with Crippen LogP contribution in [0.1, 0.15) is 59.3 Å². The third-order valence-electron chi connectivity index (χ3n) is 5.84. The molecule has 0 saturated carbocycles. The molecule has 1 aliphatic heterocycles. The van der Waals surface area contributed by atoms with E-state index in [1.54, 1.807) is 23.1 Å². The molecule has 1 heterocycles. The number of amides is 4. The van der Waals surface area contributed by atoms with Crippen molar-refractivity contribution in [1.29, 1.82) is 0 Å². The highest BCUT2D eigenvalue weighted by Gasteiger charge is 2.42. The van der Waals surface area contributed by atoms with Crippen molar-refractivity contribution in [3.05, 3.63) is 64.2 Å². The number of rotatable bonds is 10. The van der Waals surface area contributed by atoms with Crippen molar-refractivity contribution in [2.24, 2.45) is 0 Å². The van der Waals surface area contributed by atoms with Crippen LogP contribution in [-0.4, -0.2) is 48.9 Å². The van der Waals surface area contributed by atoms with Gasteiger partial charge in [0.25, 0.3) is 11.8 Å². The number of halogens is 2. The van der Waals surface area contributed by atoms with Gasteiger partial charge >= 0.3 is 5.92 Å². The lowest BCUT2D eigenvalue weighted by Crippen LogP contribution is -2.38. The Balaban J connectivity index is 1.58. The van der Waals surface area contributed by atoms with Gasteiger partial charge in [-0.2, -0.15) is 8.78 Å². The van der Waals surface area contributed by atoms with Gasteiger partial charge in [-0.15, -0.1) is 0 Å². The Morgan fingerprint density at radius 3 is 2.54 bits per heavy atom. The average molecular weight is 513 g/mol. The van der Waals surface area contributed by atoms with Crippen LogP contribution in [0, 0.1) is 6.92 Å². The van der Waals surface area contributed by atoms with Gasteiger partial charge in [-0.05, 0) is 68.1 Å². The van der Waals surface area contributed by atoms with Crippen molar-refractivity contribution < 1.29 is 32.7 Å². The summed E-state index contributed by atoms with van der Waals surface area (Å²) in [6.45, 7) is 5.67. The van der Waals surface area contributed by atoms with E-state index in [0.29, 0.717) is 42.0 Å². The highest BCUT2D eigenvalue weighted by molar-refractivity contribution is 6.58. The Labute approximate surface area is 215 Å². The van der Waals surface area contributed by atoms with E-state index in [9.17, 15) is 28.0 Å². The second-order valence-corrected chi connectivity index (χ2v) is 9.33. The molecule has 37 heavy (non-hydrogen) atoms. The summed E-state index contributed by atoms with van der Waals surface area (Å²) in [5.41, 5.74) is 1.64. The molecular formula is C26H30BF2N3O5. The maximum Gasteiger partial charge on any atom is 0.350 e. The van der Waals surface area contributed by atoms with Gasteiger partial charge in [-0.1, -0.05) is 12.1 Å². The second-order valence-electron chi connectivity index (χ2n) is 9.33. The minimum Gasteiger partial charge on any atom is -0.491 e. The van der Waals surface area contributed by atoms with Crippen LogP contribution in [-0.2, 0) is 28.6 Å². The fourth-order valence-electron chi connectivity index (χ4n) is 4.16. The van der Waals surface area contributed by atoms with Crippen molar-refractivity contribution >= 4 is 31.4 Å². The van der Waals surface area contributed by atoms with Crippen molar-refractivity contribution in [2.75, 3.05) is 6.54 Å². The van der Waals surface area contributed by atoms with Gasteiger partial charge < -0.3 is 20.3 Å². The summed E-state index contributed by atoms with van der Waals surface area (Å²) in [7, 11) is 1.25. The predicted octanol–water partition coefficient (Wildman–Crippen LogP) is 2.80. The van der Waals surface area contributed by atoms with E-state index in [1.165, 1.54) is 33.0 Å². The van der Waals surface area contributed by atoms with E-state index < -0.39 is 29.1 Å². The number of aryl methyl sites for hydroxylation is 1. The SMILES string of the molecule is BC(=O)NC(=O)CCCN1Cc2cc(CNC(=O)C(F)(F)c3ccc(OC(C)C)cc3C)ccc2C1=O. The van der Waals surface area contributed by atoms with Crippen LogP contribution in [0.15, 0.2) is 36.4 Å². The van der Waals surface area contributed by atoms with Crippen LogP contribution in [0.25, 0.3) is 0 Å². The molecule has 2 N–H and O–H groups in total. The number of alkyl halides is 2. The van der Waals surface area contributed by atoms with Crippen LogP contribution >= 0.6 is 0 Å². The molecule has 0 saturated heterocycles. The Bertz CT molecular complexity index is 1220. The lowest BCUT2D eigenvalue weighted by atomic mass is 10.0. The van der Waals surface area contributed by atoms with E-state index in [2.05, 4.69) is 10.6 Å². The van der Waals surface area contributed by atoms with Crippen LogP contribution in [0.2, 0.25) is 0 Å². The molecule has 0 radical (unpaired) electrons. The molecule has 0 spiro atoms. The molecule has 0 aliphatic carbocycles. The molecule has 0 atom stereocenters. The first-order chi connectivity index (χ1) is 17.4. The predicted molar refractivity (Wildman–Crippen MR) is 135 cm³/mol. The minimum atomic E-state index is -3.74. The molecule has 3 rings (SSSR count). The zero-order valence-electron chi connectivity index (χ0n) is 21.3. The number of nitrogens with one attached hydrogen (secondary N) is 2. The van der Waals surface area contributed by atoms with Crippen molar-refractivity contribution in [1.82, 2.24) is 15.5 Å². The van der Waals surface area contributed by atoms with Crippen molar-refractivity contribution in [3.8, 4) is 5.75 Å². The number of nitrogens with zero attached hydrogens (tertiary/aromatic N) is 1. The molecule has 0 aromatic heterocycles. The Hall–Kier alpha value is -3.76. The molecule has 0 unspecified atom stereocenters. The second kappa shape index (κ2) is 11.5. The van der Waals surface area contributed by atoms with Crippen molar-refractivity contribution in [3.63, 3.8) is 0 Å². The lowest BCUT2D eigenvalue weighted by Gasteiger charge is -2.20. The first-order valence-electron chi connectivity index (χ1n) is 12.0. The number of imide groups is 1. The Kier molecular flexibility index (Phi) is 8.67. The highest BCUT2D eigenvalue weighted by atomic mass is 19.3. The number of carbonyl (C=O) groups excluding carboxylic acids is 4. The molecule has 11 heteroatoms. The molecule has 196 valence electrons. The van der Waals surface area contributed by atoms with Crippen LogP contribution in [0.3, 0.4) is 0 Å². The summed E-state index contributed by atoms with van der Waals surface area (Å²) in [4.78, 5) is 49.1. The smallest absolute Gasteiger partial charge is 0.350 e. The average Bonchev–Trinajstić information content (AvgIpc) is 3.11. The number of carbonyl (C=O) groups is 4. The molecular weight excluding hydrogens is 483 g/mol. The summed E-state index contributed by atoms with van der Waals surface area (Å²) >= 11 is 0. The molecule has 0 fully saturated rings. The van der Waals surface area contributed by atoms with Gasteiger partial charge in [-0.3, -0.25) is 19.2 Å². The molecule has 2 aromatic carbocycles. The fraction of sp³-hybridized carbons (Fsp3) is 0.385. The van der Waals surface area contributed by atoms with Gasteiger partial charge in [0.1, 0.15) is 5.75 Å². The topological polar surface area (TPSA) is 105 Å². The van der Waals surface area contributed by atoms with E-state index in [-0.39, 0.29) is 30.5 Å². The number of hydrogen-bond acceptors (Lipinski definition) is 5. The quantitative estimate of drug-likeness (QED) is 0.476. The van der Waals surface area contributed by atoms with Crippen LogP contribution < -0.4 is 15.4 Å². The molecule has 8 nitrogen and oxygen atoms in total. The molecule has 1 aliphatic rings. The van der Waals surface area contributed by atoms with E-state index in [0.717, 1.165) is 0 Å². The highest BCUT2D eigenvalue weighted by Crippen LogP contribution is 2.33. The van der Waals surface area contributed by atoms with Gasteiger partial charge in [0.05, 0.1) is 6.10 Å². The summed E-state index contributed by atoms with van der Waals surface area (Å²) in [6, 6.07) is 9.03. The summed E-state index contributed by atoms with van der Waals surface area (Å²) in [6.07, 6.45) is 0.391. The largest absolute Gasteiger partial charge is 0.491 e. The number of ether oxygens (including phenoxy) is 1. The van der Waals surface area contributed by atoms with Gasteiger partial charge in [0, 0.05) is 37.2 Å². The minimum absolute atomic E-state index is 0.108. The molecule has 4 amide bonds. The van der Waals surface area contributed by atoms with Gasteiger partial charge in [-0.25, -0.2) is 0 Å². The zero-order valence-corrected chi connectivity index (χ0v) is 21.3. The first-order valence-corrected chi connectivity index (χ1v) is 12.0. The standard InChI is InChI=1S/C26H30BF2N3O5/c1-15(2)37-19-7-9-21(16(3)11-19)26(28,29)24(35)30-13-17-6-8-20-18(12-17)14-32(23(20)34)10-4-5-22(33)31-25(27)36/h6-9,11-12,15H,4-5,10,13-14,27H2,1-3H3,(H,30,35)(H,31,33,36). The van der Waals surface area contributed by atoms with E-state index in [1.807, 2.05) is 13.8 Å². The molecule has 2 aromatic rings. The first kappa shape index (κ1) is 27.8. The van der Waals surface area contributed by atoms with E-state index >= 15 is 0 Å². The van der Waals surface area contributed by atoms with Crippen molar-refractivity contribution in [2.45, 2.75) is 58.7 Å². The van der Waals surface area contributed by atoms with Gasteiger partial charge in [0.15, 0.2) is 5.81 Å². The normalized spacial score (nSPS) is 12.9. The number of hydrogen-bond donors (Lipinski definition) is 2. The zero-order chi connectivity index (χ0) is 27.3. The maximum absolute atomic E-state index is 14.9. The Morgan fingerprint density at radius 2 is 1.89 bits per heavy atom. The van der Waals surface area contributed by atoms with Crippen LogP contribution in [0.4, 0.5) is 13.6 Å². The third-order valence-corrected chi connectivity index (χ3v) is 5.84. The van der Waals surface area contributed by atoms with Crippen LogP contribution in [0.5, 0.6) is 5.75 Å². The fourth-order valence-corrected chi connectivity index (χ4v) is 4.16. The summed E-state index contributed by atoms with van der Waals surface area (Å²) < 4.78 is 35.4. The summed E-state index contributed by atoms with van der Waals surface area (Å²) in [5.74, 6) is -5.73. The summed E-state index contributed by atoms with van der Waals surface area (Å²) in [5, 5.41) is 4.48. The lowest BCUT2D eigenvalue weighted by molar-refractivity contribution is -0.147.